The molecule has 22 heavy (non-hydrogen) atoms. The molecule has 1 aromatic heterocycles. The first-order valence-electron chi connectivity index (χ1n) is 7.41. The number of rotatable bonds is 4. The van der Waals surface area contributed by atoms with Crippen LogP contribution in [0.5, 0.6) is 0 Å². The molecule has 0 aliphatic carbocycles. The molecule has 0 N–H and O–H groups in total. The quantitative estimate of drug-likeness (QED) is 0.799. The van der Waals surface area contributed by atoms with Crippen molar-refractivity contribution < 1.29 is 4.79 Å². The van der Waals surface area contributed by atoms with Crippen molar-refractivity contribution in [1.82, 2.24) is 9.80 Å². The number of piperazine rings is 1. The fourth-order valence-electron chi connectivity index (χ4n) is 2.71. The smallest absolute Gasteiger partial charge is 0.142 e. The number of hydrogen-bond acceptors (Lipinski definition) is 4. The molecule has 5 heteroatoms. The molecule has 1 aromatic carbocycles. The number of nitrogens with zero attached hydrogens (tertiary/aromatic N) is 2. The normalized spacial score (nSPS) is 18.3. The summed E-state index contributed by atoms with van der Waals surface area (Å²) >= 11 is 7.63. The third-order valence-corrected chi connectivity index (χ3v) is 5.56. The van der Waals surface area contributed by atoms with Crippen molar-refractivity contribution in [2.24, 2.45) is 0 Å². The molecule has 3 nitrogen and oxygen atoms in total. The molecule has 3 rings (SSSR count). The van der Waals surface area contributed by atoms with Gasteiger partial charge in [-0.05, 0) is 36.9 Å². The Morgan fingerprint density at radius 3 is 2.41 bits per heavy atom. The van der Waals surface area contributed by atoms with Gasteiger partial charge in [0.15, 0.2) is 0 Å². The fourth-order valence-corrected chi connectivity index (χ4v) is 3.95. The SMILES string of the molecule is CN1CCN([C@@H](C=O)c2ccc(-c3ccc(Cl)cc3)s2)CC1. The molecule has 1 aliphatic heterocycles. The minimum Gasteiger partial charge on any atom is -0.304 e. The topological polar surface area (TPSA) is 23.6 Å². The van der Waals surface area contributed by atoms with Gasteiger partial charge in [0.25, 0.3) is 0 Å². The second kappa shape index (κ2) is 6.92. The summed E-state index contributed by atoms with van der Waals surface area (Å²) in [5.41, 5.74) is 1.14. The number of hydrogen-bond donors (Lipinski definition) is 0. The largest absolute Gasteiger partial charge is 0.304 e. The first-order valence-corrected chi connectivity index (χ1v) is 8.60. The van der Waals surface area contributed by atoms with Crippen molar-refractivity contribution in [3.63, 3.8) is 0 Å². The van der Waals surface area contributed by atoms with E-state index in [2.05, 4.69) is 29.0 Å². The Morgan fingerprint density at radius 2 is 1.77 bits per heavy atom. The summed E-state index contributed by atoms with van der Waals surface area (Å²) in [6.45, 7) is 3.90. The first kappa shape index (κ1) is 15.7. The van der Waals surface area contributed by atoms with E-state index >= 15 is 0 Å². The summed E-state index contributed by atoms with van der Waals surface area (Å²) in [6.07, 6.45) is 1.07. The van der Waals surface area contributed by atoms with Gasteiger partial charge in [0.1, 0.15) is 12.3 Å². The molecule has 1 atom stereocenters. The highest BCUT2D eigenvalue weighted by atomic mass is 35.5. The zero-order chi connectivity index (χ0) is 15.5. The van der Waals surface area contributed by atoms with E-state index in [1.54, 1.807) is 11.3 Å². The summed E-state index contributed by atoms with van der Waals surface area (Å²) in [4.78, 5) is 18.5. The van der Waals surface area contributed by atoms with Gasteiger partial charge < -0.3 is 9.69 Å². The van der Waals surface area contributed by atoms with Gasteiger partial charge in [0.05, 0.1) is 0 Å². The van der Waals surface area contributed by atoms with Crippen LogP contribution in [-0.4, -0.2) is 49.3 Å². The van der Waals surface area contributed by atoms with Crippen molar-refractivity contribution in [2.75, 3.05) is 33.2 Å². The zero-order valence-electron chi connectivity index (χ0n) is 12.5. The van der Waals surface area contributed by atoms with Gasteiger partial charge in [0, 0.05) is 41.0 Å². The number of halogens is 1. The second-order valence-electron chi connectivity index (χ2n) is 5.63. The number of benzene rings is 1. The second-order valence-corrected chi connectivity index (χ2v) is 7.18. The molecular formula is C17H19ClN2OS. The molecule has 0 bridgehead atoms. The van der Waals surface area contributed by atoms with Crippen LogP contribution in [0.3, 0.4) is 0 Å². The number of likely N-dealkylation sites (N-methyl/N-ethyl adjacent to an activating group) is 1. The highest BCUT2D eigenvalue weighted by Crippen LogP contribution is 2.33. The molecule has 2 aromatic rings. The molecule has 0 saturated carbocycles. The van der Waals surface area contributed by atoms with Crippen LogP contribution in [-0.2, 0) is 4.79 Å². The van der Waals surface area contributed by atoms with Crippen molar-refractivity contribution in [3.05, 3.63) is 46.3 Å². The van der Waals surface area contributed by atoms with Gasteiger partial charge in [-0.1, -0.05) is 23.7 Å². The highest BCUT2D eigenvalue weighted by molar-refractivity contribution is 7.15. The average molecular weight is 335 g/mol. The number of carbonyl (C=O) groups excluding carboxylic acids is 1. The van der Waals surface area contributed by atoms with E-state index in [9.17, 15) is 4.79 Å². The van der Waals surface area contributed by atoms with E-state index in [-0.39, 0.29) is 6.04 Å². The van der Waals surface area contributed by atoms with Crippen LogP contribution in [0, 0.1) is 0 Å². The molecule has 1 fully saturated rings. The van der Waals surface area contributed by atoms with Gasteiger partial charge >= 0.3 is 0 Å². The lowest BCUT2D eigenvalue weighted by Gasteiger charge is -2.35. The van der Waals surface area contributed by atoms with Gasteiger partial charge in [-0.25, -0.2) is 0 Å². The van der Waals surface area contributed by atoms with E-state index in [1.165, 1.54) is 4.88 Å². The van der Waals surface area contributed by atoms with Gasteiger partial charge in [0.2, 0.25) is 0 Å². The van der Waals surface area contributed by atoms with Crippen LogP contribution in [0.4, 0.5) is 0 Å². The van der Waals surface area contributed by atoms with Crippen LogP contribution in [0.15, 0.2) is 36.4 Å². The number of aldehydes is 1. The minimum absolute atomic E-state index is 0.125. The Bertz CT molecular complexity index is 632. The summed E-state index contributed by atoms with van der Waals surface area (Å²) in [5.74, 6) is 0. The summed E-state index contributed by atoms with van der Waals surface area (Å²) in [5, 5.41) is 0.740. The fraction of sp³-hybridized carbons (Fsp3) is 0.353. The number of carbonyl (C=O) groups is 1. The van der Waals surface area contributed by atoms with Crippen molar-refractivity contribution in [3.8, 4) is 10.4 Å². The molecule has 0 unspecified atom stereocenters. The van der Waals surface area contributed by atoms with Crippen molar-refractivity contribution in [2.45, 2.75) is 6.04 Å². The van der Waals surface area contributed by atoms with Crippen LogP contribution >= 0.6 is 22.9 Å². The van der Waals surface area contributed by atoms with Gasteiger partial charge in [-0.2, -0.15) is 0 Å². The Labute approximate surface area is 140 Å². The Kier molecular flexibility index (Phi) is 4.93. The van der Waals surface area contributed by atoms with Crippen molar-refractivity contribution in [1.29, 1.82) is 0 Å². The van der Waals surface area contributed by atoms with E-state index in [1.807, 2.05) is 24.3 Å². The van der Waals surface area contributed by atoms with Gasteiger partial charge in [-0.15, -0.1) is 11.3 Å². The summed E-state index contributed by atoms with van der Waals surface area (Å²) in [6, 6.07) is 11.9. The number of thiophene rings is 1. The van der Waals surface area contributed by atoms with E-state index in [0.29, 0.717) is 0 Å². The first-order chi connectivity index (χ1) is 10.7. The predicted molar refractivity (Wildman–Crippen MR) is 92.6 cm³/mol. The third kappa shape index (κ3) is 3.41. The maximum Gasteiger partial charge on any atom is 0.142 e. The predicted octanol–water partition coefficient (Wildman–Crippen LogP) is 3.56. The molecule has 0 spiro atoms. The maximum absolute atomic E-state index is 11.6. The molecule has 0 amide bonds. The maximum atomic E-state index is 11.6. The molecular weight excluding hydrogens is 316 g/mol. The molecule has 116 valence electrons. The van der Waals surface area contributed by atoms with E-state index < -0.39 is 0 Å². The lowest BCUT2D eigenvalue weighted by molar-refractivity contribution is -0.113. The standard InChI is InChI=1S/C17H19ClN2OS/c1-19-8-10-20(11-9-19)15(12-21)17-7-6-16(22-17)13-2-4-14(18)5-3-13/h2-7,12,15H,8-11H2,1H3/t15-/m0/s1. The molecule has 0 radical (unpaired) electrons. The van der Waals surface area contributed by atoms with Gasteiger partial charge in [-0.3, -0.25) is 4.90 Å². The summed E-state index contributed by atoms with van der Waals surface area (Å²) < 4.78 is 0. The van der Waals surface area contributed by atoms with Crippen LogP contribution < -0.4 is 0 Å². The summed E-state index contributed by atoms with van der Waals surface area (Å²) in [7, 11) is 2.12. The van der Waals surface area contributed by atoms with Crippen LogP contribution in [0.1, 0.15) is 10.9 Å². The lowest BCUT2D eigenvalue weighted by atomic mass is 10.1. The molecule has 1 saturated heterocycles. The van der Waals surface area contributed by atoms with Crippen LogP contribution in [0.25, 0.3) is 10.4 Å². The lowest BCUT2D eigenvalue weighted by Crippen LogP contribution is -2.46. The van der Waals surface area contributed by atoms with E-state index in [4.69, 9.17) is 11.6 Å². The van der Waals surface area contributed by atoms with E-state index in [0.717, 1.165) is 47.9 Å². The monoisotopic (exact) mass is 334 g/mol. The minimum atomic E-state index is -0.125. The zero-order valence-corrected chi connectivity index (χ0v) is 14.1. The highest BCUT2D eigenvalue weighted by Gasteiger charge is 2.24. The Hall–Kier alpha value is -1.20. The Balaban J connectivity index is 1.79. The third-order valence-electron chi connectivity index (χ3n) is 4.11. The molecule has 2 heterocycles. The molecule has 1 aliphatic rings. The van der Waals surface area contributed by atoms with Crippen molar-refractivity contribution >= 4 is 29.2 Å². The Morgan fingerprint density at radius 1 is 1.09 bits per heavy atom. The average Bonchev–Trinajstić information content (AvgIpc) is 3.00. The van der Waals surface area contributed by atoms with Crippen LogP contribution in [0.2, 0.25) is 5.02 Å².